The van der Waals surface area contributed by atoms with Crippen LogP contribution in [0.1, 0.15) is 26.2 Å². The summed E-state index contributed by atoms with van der Waals surface area (Å²) in [4.78, 5) is 13.3. The van der Waals surface area contributed by atoms with Crippen LogP contribution in [0.3, 0.4) is 0 Å². The average molecular weight is 254 g/mol. The van der Waals surface area contributed by atoms with Gasteiger partial charge in [0.2, 0.25) is 5.91 Å². The van der Waals surface area contributed by atoms with E-state index in [0.717, 1.165) is 13.0 Å². The van der Waals surface area contributed by atoms with Gasteiger partial charge in [-0.05, 0) is 13.0 Å². The van der Waals surface area contributed by atoms with Gasteiger partial charge in [-0.15, -0.1) is 12.3 Å². The van der Waals surface area contributed by atoms with Crippen molar-refractivity contribution in [1.29, 1.82) is 0 Å². The lowest BCUT2D eigenvalue weighted by Gasteiger charge is -2.23. The molecule has 1 fully saturated rings. The number of terminal acetylenes is 1. The van der Waals surface area contributed by atoms with E-state index in [1.54, 1.807) is 6.92 Å². The van der Waals surface area contributed by atoms with Crippen LogP contribution < -0.4 is 5.32 Å². The summed E-state index contributed by atoms with van der Waals surface area (Å²) in [6.07, 6.45) is 6.37. The molecule has 0 aromatic rings. The number of hydrogen-bond donors (Lipinski definition) is 3. The number of nitrogens with one attached hydrogen (secondary N) is 1. The predicted molar refractivity (Wildman–Crippen MR) is 68.7 cm³/mol. The van der Waals surface area contributed by atoms with Gasteiger partial charge in [0.05, 0.1) is 24.8 Å². The van der Waals surface area contributed by atoms with E-state index in [9.17, 15) is 15.0 Å². The molecule has 0 unspecified atom stereocenters. The number of likely N-dealkylation sites (tertiary alicyclic amines) is 1. The summed E-state index contributed by atoms with van der Waals surface area (Å²) in [5, 5.41) is 22.2. The normalized spacial score (nSPS) is 28.0. The largest absolute Gasteiger partial charge is 0.395 e. The third kappa shape index (κ3) is 3.70. The van der Waals surface area contributed by atoms with Crippen molar-refractivity contribution >= 4 is 5.91 Å². The highest BCUT2D eigenvalue weighted by Crippen LogP contribution is 2.19. The first-order valence-corrected chi connectivity index (χ1v) is 6.39. The van der Waals surface area contributed by atoms with Crippen molar-refractivity contribution in [1.82, 2.24) is 10.2 Å². The van der Waals surface area contributed by atoms with E-state index in [1.165, 1.54) is 0 Å². The molecule has 18 heavy (non-hydrogen) atoms. The van der Waals surface area contributed by atoms with Crippen LogP contribution in [0.5, 0.6) is 0 Å². The van der Waals surface area contributed by atoms with Gasteiger partial charge in [-0.3, -0.25) is 9.69 Å². The first kappa shape index (κ1) is 15.0. The van der Waals surface area contributed by atoms with Gasteiger partial charge in [0.1, 0.15) is 0 Å². The Labute approximate surface area is 108 Å². The average Bonchev–Trinajstić information content (AvgIpc) is 2.66. The predicted octanol–water partition coefficient (Wildman–Crippen LogP) is -0.668. The molecule has 0 radical (unpaired) electrons. The molecule has 0 bridgehead atoms. The minimum atomic E-state index is -0.726. The zero-order chi connectivity index (χ0) is 13.5. The summed E-state index contributed by atoms with van der Waals surface area (Å²) in [6, 6.07) is -0.620. The molecule has 5 nitrogen and oxygen atoms in total. The van der Waals surface area contributed by atoms with Crippen LogP contribution in [-0.4, -0.2) is 58.9 Å². The molecular formula is C13H22N2O3. The monoisotopic (exact) mass is 254 g/mol. The third-order valence-corrected chi connectivity index (χ3v) is 3.33. The molecule has 3 N–H and O–H groups in total. The number of unbranched alkanes of at least 4 members (excludes halogenated alkanes) is 1. The first-order chi connectivity index (χ1) is 8.63. The number of hydrogen-bond acceptors (Lipinski definition) is 4. The summed E-state index contributed by atoms with van der Waals surface area (Å²) in [6.45, 7) is 2.94. The Balaban J connectivity index is 2.54. The topological polar surface area (TPSA) is 72.8 Å². The molecule has 0 saturated carbocycles. The molecule has 1 heterocycles. The van der Waals surface area contributed by atoms with Crippen molar-refractivity contribution in [2.24, 2.45) is 0 Å². The van der Waals surface area contributed by atoms with Gasteiger partial charge in [-0.1, -0.05) is 6.92 Å². The standard InChI is InChI=1S/C13H22N2O3/c1-3-5-6-7-15-8-10(14-12(17)4-2)13(18)11(15)9-16/h1,10-11,13,16,18H,4-9H2,2H3,(H,14,17)/t10-,11-,13+/m0/s1. The third-order valence-electron chi connectivity index (χ3n) is 3.33. The molecular weight excluding hydrogens is 232 g/mol. The quantitative estimate of drug-likeness (QED) is 0.434. The second-order valence-corrected chi connectivity index (χ2v) is 4.57. The number of aliphatic hydroxyl groups is 2. The smallest absolute Gasteiger partial charge is 0.220 e. The van der Waals surface area contributed by atoms with Gasteiger partial charge in [-0.2, -0.15) is 0 Å². The highest BCUT2D eigenvalue weighted by molar-refractivity contribution is 5.76. The Kier molecular flexibility index (Phi) is 6.13. The van der Waals surface area contributed by atoms with E-state index in [2.05, 4.69) is 11.2 Å². The zero-order valence-electron chi connectivity index (χ0n) is 10.8. The second kappa shape index (κ2) is 7.37. The summed E-state index contributed by atoms with van der Waals surface area (Å²) in [5.41, 5.74) is 0. The van der Waals surface area contributed by atoms with Gasteiger partial charge in [0, 0.05) is 19.4 Å². The highest BCUT2D eigenvalue weighted by atomic mass is 16.3. The number of aliphatic hydroxyl groups excluding tert-OH is 2. The molecule has 102 valence electrons. The summed E-state index contributed by atoms with van der Waals surface area (Å²) < 4.78 is 0. The lowest BCUT2D eigenvalue weighted by Crippen LogP contribution is -2.45. The van der Waals surface area contributed by atoms with Crippen molar-refractivity contribution < 1.29 is 15.0 Å². The summed E-state index contributed by atoms with van der Waals surface area (Å²) in [5.74, 6) is 2.48. The van der Waals surface area contributed by atoms with E-state index in [-0.39, 0.29) is 24.6 Å². The van der Waals surface area contributed by atoms with E-state index >= 15 is 0 Å². The Hall–Kier alpha value is -1.09. The van der Waals surface area contributed by atoms with Gasteiger partial charge in [-0.25, -0.2) is 0 Å². The fourth-order valence-electron chi connectivity index (χ4n) is 2.28. The Bertz CT molecular complexity index is 314. The van der Waals surface area contributed by atoms with Crippen LogP contribution in [0, 0.1) is 12.3 Å². The first-order valence-electron chi connectivity index (χ1n) is 6.39. The van der Waals surface area contributed by atoms with E-state index < -0.39 is 6.10 Å². The van der Waals surface area contributed by atoms with Gasteiger partial charge in [0.15, 0.2) is 0 Å². The number of carbonyl (C=O) groups is 1. The van der Waals surface area contributed by atoms with E-state index in [4.69, 9.17) is 6.42 Å². The molecule has 1 saturated heterocycles. The summed E-state index contributed by atoms with van der Waals surface area (Å²) in [7, 11) is 0. The molecule has 1 aliphatic rings. The molecule has 1 rings (SSSR count). The number of rotatable bonds is 6. The fraction of sp³-hybridized carbons (Fsp3) is 0.769. The molecule has 5 heteroatoms. The molecule has 0 aliphatic carbocycles. The van der Waals surface area contributed by atoms with Crippen molar-refractivity contribution in [3.63, 3.8) is 0 Å². The SMILES string of the molecule is C#CCCCN1C[C@H](NC(=O)CC)[C@@H](O)[C@@H]1CO. The molecule has 3 atom stereocenters. The number of nitrogens with zero attached hydrogens (tertiary/aromatic N) is 1. The maximum Gasteiger partial charge on any atom is 0.220 e. The Morgan fingerprint density at radius 3 is 2.89 bits per heavy atom. The molecule has 1 amide bonds. The van der Waals surface area contributed by atoms with Crippen molar-refractivity contribution in [2.75, 3.05) is 19.7 Å². The van der Waals surface area contributed by atoms with Crippen LogP contribution in [0.15, 0.2) is 0 Å². The van der Waals surface area contributed by atoms with Gasteiger partial charge >= 0.3 is 0 Å². The van der Waals surface area contributed by atoms with Crippen LogP contribution in [-0.2, 0) is 4.79 Å². The van der Waals surface area contributed by atoms with Crippen molar-refractivity contribution in [2.45, 2.75) is 44.4 Å². The van der Waals surface area contributed by atoms with Crippen molar-refractivity contribution in [3.8, 4) is 12.3 Å². The van der Waals surface area contributed by atoms with Crippen LogP contribution in [0.25, 0.3) is 0 Å². The molecule has 0 aromatic carbocycles. The highest BCUT2D eigenvalue weighted by Gasteiger charge is 2.40. The number of amides is 1. The second-order valence-electron chi connectivity index (χ2n) is 4.57. The van der Waals surface area contributed by atoms with Crippen LogP contribution in [0.4, 0.5) is 0 Å². The maximum absolute atomic E-state index is 11.3. The lowest BCUT2D eigenvalue weighted by atomic mass is 10.1. The molecule has 0 aromatic heterocycles. The zero-order valence-corrected chi connectivity index (χ0v) is 10.8. The molecule has 0 spiro atoms. The lowest BCUT2D eigenvalue weighted by molar-refractivity contribution is -0.122. The number of carbonyl (C=O) groups excluding carboxylic acids is 1. The molecule has 1 aliphatic heterocycles. The summed E-state index contributed by atoms with van der Waals surface area (Å²) >= 11 is 0. The minimum Gasteiger partial charge on any atom is -0.395 e. The van der Waals surface area contributed by atoms with Crippen molar-refractivity contribution in [3.05, 3.63) is 0 Å². The fourth-order valence-corrected chi connectivity index (χ4v) is 2.28. The van der Waals surface area contributed by atoms with Gasteiger partial charge < -0.3 is 15.5 Å². The van der Waals surface area contributed by atoms with Crippen LogP contribution in [0.2, 0.25) is 0 Å². The van der Waals surface area contributed by atoms with E-state index in [1.807, 2.05) is 4.90 Å². The Morgan fingerprint density at radius 2 is 2.33 bits per heavy atom. The Morgan fingerprint density at radius 1 is 1.61 bits per heavy atom. The van der Waals surface area contributed by atoms with Gasteiger partial charge in [0.25, 0.3) is 0 Å². The minimum absolute atomic E-state index is 0.0822. The van der Waals surface area contributed by atoms with Crippen LogP contribution >= 0.6 is 0 Å². The maximum atomic E-state index is 11.3. The van der Waals surface area contributed by atoms with E-state index in [0.29, 0.717) is 19.4 Å².